The second-order valence-electron chi connectivity index (χ2n) is 6.13. The van der Waals surface area contributed by atoms with E-state index in [9.17, 15) is 4.79 Å². The number of amides is 1. The molecule has 1 saturated heterocycles. The second-order valence-corrected chi connectivity index (χ2v) is 6.13. The summed E-state index contributed by atoms with van der Waals surface area (Å²) in [7, 11) is 0. The van der Waals surface area contributed by atoms with Crippen LogP contribution in [0.1, 0.15) is 43.1 Å². The maximum atomic E-state index is 12.8. The number of aromatic nitrogens is 1. The molecule has 1 aromatic heterocycles. The van der Waals surface area contributed by atoms with Crippen molar-refractivity contribution in [3.63, 3.8) is 0 Å². The number of carbonyl (C=O) groups is 1. The van der Waals surface area contributed by atoms with Crippen molar-refractivity contribution < 1.29 is 4.79 Å². The van der Waals surface area contributed by atoms with Crippen molar-refractivity contribution in [3.05, 3.63) is 24.0 Å². The number of nitrogens with one attached hydrogen (secondary N) is 1. The molecule has 0 aromatic carbocycles. The molecule has 0 radical (unpaired) electrons. The highest BCUT2D eigenvalue weighted by Crippen LogP contribution is 2.30. The number of nitrogens with zero attached hydrogens (tertiary/aromatic N) is 2. The van der Waals surface area contributed by atoms with Gasteiger partial charge in [-0.25, -0.2) is 0 Å². The largest absolute Gasteiger partial charge is 0.344 e. The van der Waals surface area contributed by atoms with Gasteiger partial charge in [0.1, 0.15) is 5.69 Å². The Morgan fingerprint density at radius 1 is 1.40 bits per heavy atom. The van der Waals surface area contributed by atoms with Crippen molar-refractivity contribution in [2.75, 3.05) is 19.6 Å². The van der Waals surface area contributed by atoms with Crippen molar-refractivity contribution in [2.24, 2.45) is 5.92 Å². The molecule has 0 bridgehead atoms. The Morgan fingerprint density at radius 3 is 2.90 bits per heavy atom. The number of hydrogen-bond acceptors (Lipinski definition) is 2. The third-order valence-electron chi connectivity index (χ3n) is 4.46. The van der Waals surface area contributed by atoms with Gasteiger partial charge in [-0.1, -0.05) is 0 Å². The molecular formula is C16H25N3O. The van der Waals surface area contributed by atoms with Crippen molar-refractivity contribution in [1.29, 1.82) is 0 Å². The molecule has 2 fully saturated rings. The molecule has 4 nitrogen and oxygen atoms in total. The molecule has 1 amide bonds. The van der Waals surface area contributed by atoms with Crippen LogP contribution in [-0.4, -0.2) is 41.1 Å². The molecule has 1 saturated carbocycles. The average Bonchev–Trinajstić information content (AvgIpc) is 2.95. The van der Waals surface area contributed by atoms with Crippen LogP contribution in [0.5, 0.6) is 0 Å². The van der Waals surface area contributed by atoms with Crippen molar-refractivity contribution in [1.82, 2.24) is 14.8 Å². The summed E-state index contributed by atoms with van der Waals surface area (Å²) in [5.41, 5.74) is 0.839. The zero-order valence-corrected chi connectivity index (χ0v) is 12.3. The summed E-state index contributed by atoms with van der Waals surface area (Å²) in [6, 6.07) is 4.41. The Morgan fingerprint density at radius 2 is 2.25 bits per heavy atom. The summed E-state index contributed by atoms with van der Waals surface area (Å²) in [5, 5.41) is 3.51. The molecule has 0 spiro atoms. The van der Waals surface area contributed by atoms with Gasteiger partial charge >= 0.3 is 0 Å². The molecule has 2 aliphatic rings. The van der Waals surface area contributed by atoms with E-state index < -0.39 is 0 Å². The minimum absolute atomic E-state index is 0.206. The lowest BCUT2D eigenvalue weighted by Crippen LogP contribution is -2.42. The molecule has 1 atom stereocenters. The summed E-state index contributed by atoms with van der Waals surface area (Å²) in [6.07, 6.45) is 7.01. The highest BCUT2D eigenvalue weighted by Gasteiger charge is 2.30. The van der Waals surface area contributed by atoms with Crippen LogP contribution in [0.4, 0.5) is 0 Å². The third-order valence-corrected chi connectivity index (χ3v) is 4.46. The van der Waals surface area contributed by atoms with Gasteiger partial charge in [0.15, 0.2) is 0 Å². The molecule has 1 aliphatic heterocycles. The van der Waals surface area contributed by atoms with Crippen molar-refractivity contribution in [2.45, 2.75) is 45.2 Å². The number of hydrogen-bond donors (Lipinski definition) is 1. The van der Waals surface area contributed by atoms with Crippen LogP contribution >= 0.6 is 0 Å². The average molecular weight is 275 g/mol. The van der Waals surface area contributed by atoms with Crippen LogP contribution in [-0.2, 0) is 6.54 Å². The molecule has 1 unspecified atom stereocenters. The summed E-state index contributed by atoms with van der Waals surface area (Å²) < 4.78 is 2.05. The first-order valence-electron chi connectivity index (χ1n) is 7.95. The molecule has 1 aromatic rings. The highest BCUT2D eigenvalue weighted by molar-refractivity contribution is 5.92. The quantitative estimate of drug-likeness (QED) is 0.863. The Kier molecular flexibility index (Phi) is 4.10. The van der Waals surface area contributed by atoms with Gasteiger partial charge < -0.3 is 14.8 Å². The molecule has 2 heterocycles. The maximum absolute atomic E-state index is 12.8. The van der Waals surface area contributed by atoms with Crippen LogP contribution in [0.25, 0.3) is 0 Å². The molecule has 110 valence electrons. The van der Waals surface area contributed by atoms with Crippen molar-refractivity contribution in [3.8, 4) is 0 Å². The van der Waals surface area contributed by atoms with Crippen molar-refractivity contribution >= 4 is 5.91 Å². The van der Waals surface area contributed by atoms with Gasteiger partial charge in [-0.15, -0.1) is 0 Å². The van der Waals surface area contributed by atoms with Crippen LogP contribution in [0.3, 0.4) is 0 Å². The fourth-order valence-corrected chi connectivity index (χ4v) is 3.08. The van der Waals surface area contributed by atoms with Gasteiger partial charge in [0, 0.05) is 31.9 Å². The van der Waals surface area contributed by atoms with Gasteiger partial charge in [-0.2, -0.15) is 0 Å². The van der Waals surface area contributed by atoms with Gasteiger partial charge in [0.05, 0.1) is 0 Å². The predicted molar refractivity (Wildman–Crippen MR) is 79.8 cm³/mol. The van der Waals surface area contributed by atoms with Gasteiger partial charge in [-0.05, 0) is 57.2 Å². The topological polar surface area (TPSA) is 37.3 Å². The minimum Gasteiger partial charge on any atom is -0.344 e. The predicted octanol–water partition coefficient (Wildman–Crippen LogP) is 2.11. The number of aryl methyl sites for hydroxylation is 1. The zero-order chi connectivity index (χ0) is 13.9. The van der Waals surface area contributed by atoms with Crippen LogP contribution in [0, 0.1) is 5.92 Å². The molecule has 1 aliphatic carbocycles. The van der Waals surface area contributed by atoms with Crippen LogP contribution in [0.15, 0.2) is 18.3 Å². The van der Waals surface area contributed by atoms with E-state index in [0.29, 0.717) is 6.04 Å². The molecule has 20 heavy (non-hydrogen) atoms. The third kappa shape index (κ3) is 3.06. The Labute approximate surface area is 121 Å². The standard InChI is InChI=1S/C16H25N3O/c1-2-18-10-4-6-15(18)16(20)19(11-13-7-8-13)12-14-5-3-9-17-14/h4,6,10,13-14,17H,2-3,5,7-9,11-12H2,1H3. The number of carbonyl (C=O) groups excluding carboxylic acids is 1. The molecule has 4 heteroatoms. The Hall–Kier alpha value is -1.29. The van der Waals surface area contributed by atoms with Gasteiger partial charge in [-0.3, -0.25) is 4.79 Å². The molecular weight excluding hydrogens is 250 g/mol. The first-order chi connectivity index (χ1) is 9.78. The van der Waals surface area contributed by atoms with Gasteiger partial charge in [0.25, 0.3) is 5.91 Å². The Bertz CT molecular complexity index is 458. The lowest BCUT2D eigenvalue weighted by atomic mass is 10.2. The fraction of sp³-hybridized carbons (Fsp3) is 0.688. The van der Waals surface area contributed by atoms with E-state index >= 15 is 0 Å². The van der Waals surface area contributed by atoms with E-state index in [4.69, 9.17) is 0 Å². The summed E-state index contributed by atoms with van der Waals surface area (Å²) in [4.78, 5) is 14.9. The first-order valence-corrected chi connectivity index (χ1v) is 7.95. The molecule has 3 rings (SSSR count). The smallest absolute Gasteiger partial charge is 0.270 e. The van der Waals surface area contributed by atoms with E-state index in [0.717, 1.165) is 37.8 Å². The normalized spacial score (nSPS) is 22.1. The van der Waals surface area contributed by atoms with Crippen LogP contribution < -0.4 is 5.32 Å². The fourth-order valence-electron chi connectivity index (χ4n) is 3.08. The minimum atomic E-state index is 0.206. The van der Waals surface area contributed by atoms with E-state index in [2.05, 4.69) is 17.1 Å². The summed E-state index contributed by atoms with van der Waals surface area (Å²) in [6.45, 7) is 5.84. The highest BCUT2D eigenvalue weighted by atomic mass is 16.2. The van der Waals surface area contributed by atoms with E-state index in [1.807, 2.05) is 22.9 Å². The van der Waals surface area contributed by atoms with Crippen LogP contribution in [0.2, 0.25) is 0 Å². The summed E-state index contributed by atoms with van der Waals surface area (Å²) in [5.74, 6) is 0.947. The zero-order valence-electron chi connectivity index (χ0n) is 12.3. The molecule has 1 N–H and O–H groups in total. The van der Waals surface area contributed by atoms with E-state index in [1.54, 1.807) is 0 Å². The van der Waals surface area contributed by atoms with Gasteiger partial charge in [0.2, 0.25) is 0 Å². The Balaban J connectivity index is 1.71. The van der Waals surface area contributed by atoms with E-state index in [1.165, 1.54) is 25.7 Å². The van der Waals surface area contributed by atoms with E-state index in [-0.39, 0.29) is 5.91 Å². The SMILES string of the molecule is CCn1cccc1C(=O)N(CC1CC1)CC1CCCN1. The monoisotopic (exact) mass is 275 g/mol. The maximum Gasteiger partial charge on any atom is 0.270 e. The lowest BCUT2D eigenvalue weighted by Gasteiger charge is -2.26. The second kappa shape index (κ2) is 6.00. The summed E-state index contributed by atoms with van der Waals surface area (Å²) >= 11 is 0. The first kappa shape index (κ1) is 13.7. The number of rotatable bonds is 6. The lowest BCUT2D eigenvalue weighted by molar-refractivity contribution is 0.0723.